The number of nitrogens with two attached hydrogens (primary N) is 1. The van der Waals surface area contributed by atoms with E-state index < -0.39 is 0 Å². The van der Waals surface area contributed by atoms with E-state index in [4.69, 9.17) is 10.5 Å². The van der Waals surface area contributed by atoms with Crippen molar-refractivity contribution in [3.63, 3.8) is 0 Å². The fraction of sp³-hybridized carbons (Fsp3) is 0.417. The van der Waals surface area contributed by atoms with Crippen molar-refractivity contribution in [2.45, 2.75) is 6.92 Å². The van der Waals surface area contributed by atoms with Gasteiger partial charge in [0.2, 0.25) is 0 Å². The highest BCUT2D eigenvalue weighted by Crippen LogP contribution is 2.14. The number of carbonyl (C=O) groups excluding carboxylic acids is 1. The van der Waals surface area contributed by atoms with Crippen LogP contribution in [0.2, 0.25) is 0 Å². The number of rotatable bonds is 4. The van der Waals surface area contributed by atoms with Gasteiger partial charge in [0.05, 0.1) is 6.61 Å². The second-order valence-electron chi connectivity index (χ2n) is 3.79. The monoisotopic (exact) mass is 222 g/mol. The normalized spacial score (nSPS) is 10.2. The maximum atomic E-state index is 12.0. The summed E-state index contributed by atoms with van der Waals surface area (Å²) in [6.07, 6.45) is 0. The lowest BCUT2D eigenvalue weighted by Gasteiger charge is -2.18. The van der Waals surface area contributed by atoms with Crippen LogP contribution in [0.1, 0.15) is 15.9 Å². The molecule has 0 unspecified atom stereocenters. The van der Waals surface area contributed by atoms with Gasteiger partial charge in [-0.2, -0.15) is 0 Å². The van der Waals surface area contributed by atoms with Crippen LogP contribution in [0.4, 0.5) is 5.69 Å². The summed E-state index contributed by atoms with van der Waals surface area (Å²) >= 11 is 0. The van der Waals surface area contributed by atoms with Crippen LogP contribution in [0.3, 0.4) is 0 Å². The van der Waals surface area contributed by atoms with Crippen molar-refractivity contribution in [3.8, 4) is 0 Å². The first-order valence-electron chi connectivity index (χ1n) is 5.16. The summed E-state index contributed by atoms with van der Waals surface area (Å²) in [7, 11) is 3.37. The summed E-state index contributed by atoms with van der Waals surface area (Å²) in [5.74, 6) is -0.0261. The molecule has 1 aromatic rings. The molecule has 0 aliphatic heterocycles. The van der Waals surface area contributed by atoms with Crippen LogP contribution in [0.25, 0.3) is 0 Å². The Morgan fingerprint density at radius 3 is 2.81 bits per heavy atom. The van der Waals surface area contributed by atoms with Crippen molar-refractivity contribution < 1.29 is 9.53 Å². The standard InChI is InChI=1S/C12H18N2O2/c1-9-4-5-10(13)8-11(9)12(15)14(2)6-7-16-3/h4-5,8H,6-7,13H2,1-3H3. The minimum atomic E-state index is -0.0261. The molecule has 0 aromatic heterocycles. The molecule has 0 heterocycles. The summed E-state index contributed by atoms with van der Waals surface area (Å²) in [5, 5.41) is 0. The van der Waals surface area contributed by atoms with E-state index in [2.05, 4.69) is 0 Å². The maximum Gasteiger partial charge on any atom is 0.254 e. The molecule has 4 nitrogen and oxygen atoms in total. The quantitative estimate of drug-likeness (QED) is 0.781. The number of likely N-dealkylation sites (N-methyl/N-ethyl adjacent to an activating group) is 1. The molecule has 16 heavy (non-hydrogen) atoms. The highest BCUT2D eigenvalue weighted by Gasteiger charge is 2.13. The number of amides is 1. The number of anilines is 1. The molecule has 1 rings (SSSR count). The number of methoxy groups -OCH3 is 1. The van der Waals surface area contributed by atoms with E-state index in [-0.39, 0.29) is 5.91 Å². The first-order chi connectivity index (χ1) is 7.56. The fourth-order valence-corrected chi connectivity index (χ4v) is 1.41. The molecule has 0 radical (unpaired) electrons. The van der Waals surface area contributed by atoms with Gasteiger partial charge in [0.25, 0.3) is 5.91 Å². The Morgan fingerprint density at radius 2 is 2.19 bits per heavy atom. The second-order valence-corrected chi connectivity index (χ2v) is 3.79. The van der Waals surface area contributed by atoms with Crippen molar-refractivity contribution in [1.82, 2.24) is 4.90 Å². The molecule has 0 atom stereocenters. The van der Waals surface area contributed by atoms with Crippen LogP contribution in [-0.4, -0.2) is 38.1 Å². The number of ether oxygens (including phenoxy) is 1. The lowest BCUT2D eigenvalue weighted by Crippen LogP contribution is -2.30. The van der Waals surface area contributed by atoms with Gasteiger partial charge in [-0.25, -0.2) is 0 Å². The molecule has 2 N–H and O–H groups in total. The molecule has 0 aliphatic carbocycles. The Hall–Kier alpha value is -1.55. The Kier molecular flexibility index (Phi) is 4.31. The third-order valence-corrected chi connectivity index (χ3v) is 2.47. The van der Waals surface area contributed by atoms with Gasteiger partial charge in [-0.1, -0.05) is 6.07 Å². The van der Waals surface area contributed by atoms with Crippen LogP contribution in [0, 0.1) is 6.92 Å². The van der Waals surface area contributed by atoms with E-state index in [9.17, 15) is 4.79 Å². The molecule has 1 aromatic carbocycles. The van der Waals surface area contributed by atoms with Crippen molar-refractivity contribution in [2.75, 3.05) is 33.0 Å². The number of hydrogen-bond acceptors (Lipinski definition) is 3. The first kappa shape index (κ1) is 12.5. The smallest absolute Gasteiger partial charge is 0.254 e. The van der Waals surface area contributed by atoms with E-state index in [1.54, 1.807) is 31.2 Å². The van der Waals surface area contributed by atoms with E-state index in [1.165, 1.54) is 0 Å². The molecule has 4 heteroatoms. The molecule has 0 saturated carbocycles. The SMILES string of the molecule is COCCN(C)C(=O)c1cc(N)ccc1C. The zero-order valence-corrected chi connectivity index (χ0v) is 9.99. The van der Waals surface area contributed by atoms with Gasteiger partial charge in [0, 0.05) is 32.0 Å². The maximum absolute atomic E-state index is 12.0. The van der Waals surface area contributed by atoms with Crippen molar-refractivity contribution in [3.05, 3.63) is 29.3 Å². The minimum Gasteiger partial charge on any atom is -0.399 e. The predicted molar refractivity (Wildman–Crippen MR) is 64.4 cm³/mol. The lowest BCUT2D eigenvalue weighted by molar-refractivity contribution is 0.0743. The molecular weight excluding hydrogens is 204 g/mol. The van der Waals surface area contributed by atoms with E-state index in [0.717, 1.165) is 5.56 Å². The van der Waals surface area contributed by atoms with Gasteiger partial charge in [0.15, 0.2) is 0 Å². The zero-order valence-electron chi connectivity index (χ0n) is 9.99. The van der Waals surface area contributed by atoms with Gasteiger partial charge < -0.3 is 15.4 Å². The molecule has 0 saturated heterocycles. The molecule has 0 bridgehead atoms. The van der Waals surface area contributed by atoms with Crippen molar-refractivity contribution >= 4 is 11.6 Å². The zero-order chi connectivity index (χ0) is 12.1. The average molecular weight is 222 g/mol. The van der Waals surface area contributed by atoms with Gasteiger partial charge in [-0.05, 0) is 24.6 Å². The van der Waals surface area contributed by atoms with E-state index in [1.807, 2.05) is 13.0 Å². The van der Waals surface area contributed by atoms with Gasteiger partial charge in [0.1, 0.15) is 0 Å². The Labute approximate surface area is 96.0 Å². The summed E-state index contributed by atoms with van der Waals surface area (Å²) in [5.41, 5.74) is 7.86. The largest absolute Gasteiger partial charge is 0.399 e. The van der Waals surface area contributed by atoms with Crippen molar-refractivity contribution in [2.24, 2.45) is 0 Å². The predicted octanol–water partition coefficient (Wildman–Crippen LogP) is 1.30. The van der Waals surface area contributed by atoms with Crippen LogP contribution in [0.5, 0.6) is 0 Å². The Bertz CT molecular complexity index is 377. The number of aryl methyl sites for hydroxylation is 1. The third-order valence-electron chi connectivity index (χ3n) is 2.47. The molecule has 1 amide bonds. The van der Waals surface area contributed by atoms with Gasteiger partial charge in [-0.15, -0.1) is 0 Å². The number of nitrogen functional groups attached to an aromatic ring is 1. The van der Waals surface area contributed by atoms with Gasteiger partial charge in [-0.3, -0.25) is 4.79 Å². The summed E-state index contributed by atoms with van der Waals surface area (Å²) in [4.78, 5) is 13.7. The molecule has 0 spiro atoms. The number of carbonyl (C=O) groups is 1. The third kappa shape index (κ3) is 2.97. The number of nitrogens with zero attached hydrogens (tertiary/aromatic N) is 1. The molecule has 0 aliphatic rings. The molecule has 88 valence electrons. The van der Waals surface area contributed by atoms with Crippen LogP contribution < -0.4 is 5.73 Å². The Morgan fingerprint density at radius 1 is 1.50 bits per heavy atom. The summed E-state index contributed by atoms with van der Waals surface area (Å²) in [6, 6.07) is 5.36. The fourth-order valence-electron chi connectivity index (χ4n) is 1.41. The number of benzene rings is 1. The van der Waals surface area contributed by atoms with E-state index in [0.29, 0.717) is 24.4 Å². The Balaban J connectivity index is 2.83. The van der Waals surface area contributed by atoms with Crippen LogP contribution in [-0.2, 0) is 4.74 Å². The summed E-state index contributed by atoms with van der Waals surface area (Å²) < 4.78 is 4.93. The van der Waals surface area contributed by atoms with Crippen LogP contribution >= 0.6 is 0 Å². The number of hydrogen-bond donors (Lipinski definition) is 1. The molecule has 0 fully saturated rings. The minimum absolute atomic E-state index is 0.0261. The van der Waals surface area contributed by atoms with Crippen LogP contribution in [0.15, 0.2) is 18.2 Å². The van der Waals surface area contributed by atoms with Gasteiger partial charge >= 0.3 is 0 Å². The average Bonchev–Trinajstić information content (AvgIpc) is 2.28. The lowest BCUT2D eigenvalue weighted by atomic mass is 10.1. The topological polar surface area (TPSA) is 55.6 Å². The van der Waals surface area contributed by atoms with E-state index >= 15 is 0 Å². The highest BCUT2D eigenvalue weighted by molar-refractivity contribution is 5.96. The first-order valence-corrected chi connectivity index (χ1v) is 5.16. The molecular formula is C12H18N2O2. The highest BCUT2D eigenvalue weighted by atomic mass is 16.5. The van der Waals surface area contributed by atoms with Crippen molar-refractivity contribution in [1.29, 1.82) is 0 Å². The second kappa shape index (κ2) is 5.51. The summed E-state index contributed by atoms with van der Waals surface area (Å²) in [6.45, 7) is 3.00.